The van der Waals surface area contributed by atoms with E-state index in [1.54, 1.807) is 0 Å². The number of likely N-dealkylation sites (tertiary alicyclic amines) is 1. The maximum absolute atomic E-state index is 12.8. The highest BCUT2D eigenvalue weighted by Gasteiger charge is 2.31. The topological polar surface area (TPSA) is 89.9 Å². The second-order valence-electron chi connectivity index (χ2n) is 7.93. The van der Waals surface area contributed by atoms with E-state index in [9.17, 15) is 4.79 Å². The van der Waals surface area contributed by atoms with E-state index < -0.39 is 0 Å². The van der Waals surface area contributed by atoms with E-state index in [0.29, 0.717) is 29.9 Å². The molecule has 1 aliphatic carbocycles. The molecule has 8 heteroatoms. The molecule has 3 heterocycles. The monoisotopic (exact) mass is 392 g/mol. The Balaban J connectivity index is 1.30. The number of carbonyl (C=O) groups excluding carboxylic acids is 1. The van der Waals surface area contributed by atoms with Crippen LogP contribution in [0.4, 0.5) is 0 Å². The lowest BCUT2D eigenvalue weighted by Gasteiger charge is -2.34. The Kier molecular flexibility index (Phi) is 4.83. The summed E-state index contributed by atoms with van der Waals surface area (Å²) >= 11 is 0. The van der Waals surface area contributed by atoms with Gasteiger partial charge in [0.1, 0.15) is 0 Å². The molecule has 1 saturated heterocycles. The van der Waals surface area contributed by atoms with Gasteiger partial charge in [0, 0.05) is 24.6 Å². The summed E-state index contributed by atoms with van der Waals surface area (Å²) in [5.74, 6) is 1.41. The quantitative estimate of drug-likeness (QED) is 0.676. The zero-order valence-corrected chi connectivity index (χ0v) is 16.3. The standard InChI is InChI=1S/C21H24N6O2/c28-21(16-9-4-5-10-16)26-12-6-11-17(13-26)27-14-18(23-25-27)20-22-19(24-29-20)15-7-2-1-3-8-15/h1-3,7-8,14,16-17H,4-6,9-13H2. The van der Waals surface area contributed by atoms with Crippen molar-refractivity contribution in [2.45, 2.75) is 44.6 Å². The minimum atomic E-state index is 0.131. The van der Waals surface area contributed by atoms with Crippen LogP contribution < -0.4 is 0 Å². The Morgan fingerprint density at radius 1 is 1.07 bits per heavy atom. The van der Waals surface area contributed by atoms with E-state index in [4.69, 9.17) is 4.52 Å². The minimum absolute atomic E-state index is 0.131. The van der Waals surface area contributed by atoms with Gasteiger partial charge in [-0.3, -0.25) is 4.79 Å². The van der Waals surface area contributed by atoms with E-state index in [1.165, 1.54) is 12.8 Å². The third-order valence-corrected chi connectivity index (χ3v) is 5.97. The van der Waals surface area contributed by atoms with Crippen LogP contribution in [-0.2, 0) is 4.79 Å². The average molecular weight is 392 g/mol. The van der Waals surface area contributed by atoms with Crippen LogP contribution in [0, 0.1) is 5.92 Å². The molecular formula is C21H24N6O2. The molecule has 3 aromatic rings. The first kappa shape index (κ1) is 18.0. The number of hydrogen-bond acceptors (Lipinski definition) is 6. The number of carbonyl (C=O) groups is 1. The molecule has 1 aromatic carbocycles. The molecular weight excluding hydrogens is 368 g/mol. The van der Waals surface area contributed by atoms with Gasteiger partial charge in [-0.2, -0.15) is 4.98 Å². The van der Waals surface area contributed by atoms with Gasteiger partial charge in [-0.15, -0.1) is 5.10 Å². The average Bonchev–Trinajstić information content (AvgIpc) is 3.55. The van der Waals surface area contributed by atoms with Gasteiger partial charge >= 0.3 is 0 Å². The summed E-state index contributed by atoms with van der Waals surface area (Å²) < 4.78 is 7.23. The van der Waals surface area contributed by atoms with Crippen molar-refractivity contribution in [1.29, 1.82) is 0 Å². The van der Waals surface area contributed by atoms with Crippen LogP contribution in [0.5, 0.6) is 0 Å². The molecule has 5 rings (SSSR count). The van der Waals surface area contributed by atoms with Gasteiger partial charge in [0.15, 0.2) is 5.69 Å². The second-order valence-corrected chi connectivity index (χ2v) is 7.93. The highest BCUT2D eigenvalue weighted by molar-refractivity contribution is 5.79. The Labute approximate surface area is 168 Å². The lowest BCUT2D eigenvalue weighted by atomic mass is 10.0. The van der Waals surface area contributed by atoms with Gasteiger partial charge in [-0.05, 0) is 25.7 Å². The molecule has 0 spiro atoms. The summed E-state index contributed by atoms with van der Waals surface area (Å²) in [5, 5.41) is 12.6. The molecule has 1 unspecified atom stereocenters. The predicted molar refractivity (Wildman–Crippen MR) is 106 cm³/mol. The first-order valence-electron chi connectivity index (χ1n) is 10.4. The number of rotatable bonds is 4. The van der Waals surface area contributed by atoms with Crippen molar-refractivity contribution in [3.63, 3.8) is 0 Å². The second kappa shape index (κ2) is 7.77. The zero-order valence-electron chi connectivity index (χ0n) is 16.3. The Hall–Kier alpha value is -3.03. The largest absolute Gasteiger partial charge is 0.340 e. The summed E-state index contributed by atoms with van der Waals surface area (Å²) in [6.07, 6.45) is 8.23. The number of amides is 1. The molecule has 2 fully saturated rings. The molecule has 1 saturated carbocycles. The lowest BCUT2D eigenvalue weighted by molar-refractivity contribution is -0.137. The van der Waals surface area contributed by atoms with Crippen molar-refractivity contribution in [2.75, 3.05) is 13.1 Å². The molecule has 29 heavy (non-hydrogen) atoms. The third-order valence-electron chi connectivity index (χ3n) is 5.97. The molecule has 0 bridgehead atoms. The summed E-state index contributed by atoms with van der Waals surface area (Å²) in [5.41, 5.74) is 1.45. The van der Waals surface area contributed by atoms with Crippen molar-refractivity contribution >= 4 is 5.91 Å². The van der Waals surface area contributed by atoms with Crippen molar-refractivity contribution < 1.29 is 9.32 Å². The first-order chi connectivity index (χ1) is 14.3. The Morgan fingerprint density at radius 2 is 1.90 bits per heavy atom. The zero-order chi connectivity index (χ0) is 19.6. The Bertz CT molecular complexity index is 976. The van der Waals surface area contributed by atoms with Crippen LogP contribution in [0.1, 0.15) is 44.6 Å². The van der Waals surface area contributed by atoms with Gasteiger partial charge in [0.25, 0.3) is 5.89 Å². The molecule has 1 atom stereocenters. The molecule has 0 radical (unpaired) electrons. The van der Waals surface area contributed by atoms with Crippen molar-refractivity contribution in [3.05, 3.63) is 36.5 Å². The van der Waals surface area contributed by atoms with Crippen LogP contribution in [0.15, 0.2) is 41.1 Å². The fraction of sp³-hybridized carbons (Fsp3) is 0.476. The van der Waals surface area contributed by atoms with Crippen molar-refractivity contribution in [2.24, 2.45) is 5.92 Å². The number of piperidine rings is 1. The molecule has 1 aliphatic heterocycles. The molecule has 1 amide bonds. The number of aromatic nitrogens is 5. The molecule has 8 nitrogen and oxygen atoms in total. The number of nitrogens with zero attached hydrogens (tertiary/aromatic N) is 6. The van der Waals surface area contributed by atoms with Crippen LogP contribution in [0.25, 0.3) is 23.0 Å². The van der Waals surface area contributed by atoms with E-state index in [0.717, 1.165) is 37.8 Å². The van der Waals surface area contributed by atoms with Gasteiger partial charge in [-0.1, -0.05) is 53.5 Å². The molecule has 0 N–H and O–H groups in total. The highest BCUT2D eigenvalue weighted by atomic mass is 16.5. The summed E-state index contributed by atoms with van der Waals surface area (Å²) in [6.45, 7) is 1.54. The number of benzene rings is 1. The maximum atomic E-state index is 12.8. The summed E-state index contributed by atoms with van der Waals surface area (Å²) in [6, 6.07) is 9.81. The normalized spacial score (nSPS) is 20.3. The molecule has 2 aliphatic rings. The van der Waals surface area contributed by atoms with E-state index >= 15 is 0 Å². The van der Waals surface area contributed by atoms with E-state index in [2.05, 4.69) is 20.5 Å². The fourth-order valence-corrected chi connectivity index (χ4v) is 4.39. The van der Waals surface area contributed by atoms with Gasteiger partial charge in [0.05, 0.1) is 12.2 Å². The van der Waals surface area contributed by atoms with E-state index in [1.807, 2.05) is 46.1 Å². The fourth-order valence-electron chi connectivity index (χ4n) is 4.39. The smallest absolute Gasteiger partial charge is 0.280 e. The van der Waals surface area contributed by atoms with Gasteiger partial charge in [-0.25, -0.2) is 4.68 Å². The van der Waals surface area contributed by atoms with Crippen molar-refractivity contribution in [3.8, 4) is 23.0 Å². The van der Waals surface area contributed by atoms with Crippen LogP contribution in [0.2, 0.25) is 0 Å². The Morgan fingerprint density at radius 3 is 2.72 bits per heavy atom. The SMILES string of the molecule is O=C(C1CCCC1)N1CCCC(n2cc(-c3nc(-c4ccccc4)no3)nn2)C1. The molecule has 2 aromatic heterocycles. The van der Waals surface area contributed by atoms with Crippen LogP contribution in [0.3, 0.4) is 0 Å². The summed E-state index contributed by atoms with van der Waals surface area (Å²) in [4.78, 5) is 19.3. The highest BCUT2D eigenvalue weighted by Crippen LogP contribution is 2.30. The first-order valence-corrected chi connectivity index (χ1v) is 10.4. The van der Waals surface area contributed by atoms with Crippen LogP contribution >= 0.6 is 0 Å². The van der Waals surface area contributed by atoms with Gasteiger partial charge in [0.2, 0.25) is 11.7 Å². The molecule has 150 valence electrons. The lowest BCUT2D eigenvalue weighted by Crippen LogP contribution is -2.43. The van der Waals surface area contributed by atoms with Gasteiger partial charge < -0.3 is 9.42 Å². The van der Waals surface area contributed by atoms with Crippen molar-refractivity contribution in [1.82, 2.24) is 30.0 Å². The van der Waals surface area contributed by atoms with E-state index in [-0.39, 0.29) is 12.0 Å². The van der Waals surface area contributed by atoms with Crippen LogP contribution in [-0.4, -0.2) is 49.0 Å². The maximum Gasteiger partial charge on any atom is 0.280 e. The minimum Gasteiger partial charge on any atom is -0.340 e. The predicted octanol–water partition coefficient (Wildman–Crippen LogP) is 3.35. The number of hydrogen-bond donors (Lipinski definition) is 0. The third kappa shape index (κ3) is 3.66. The summed E-state index contributed by atoms with van der Waals surface area (Å²) in [7, 11) is 0.